The van der Waals surface area contributed by atoms with E-state index in [1.807, 2.05) is 0 Å². The zero-order chi connectivity index (χ0) is 19.6. The van der Waals surface area contributed by atoms with Gasteiger partial charge in [0.15, 0.2) is 6.61 Å². The molecule has 0 unspecified atom stereocenters. The lowest BCUT2D eigenvalue weighted by Crippen LogP contribution is -2.21. The molecule has 0 saturated heterocycles. The highest BCUT2D eigenvalue weighted by Gasteiger charge is 2.19. The van der Waals surface area contributed by atoms with E-state index in [-0.39, 0.29) is 32.8 Å². The smallest absolute Gasteiger partial charge is 0.342 e. The minimum atomic E-state index is -0.958. The fourth-order valence-corrected chi connectivity index (χ4v) is 2.84. The zero-order valence-electron chi connectivity index (χ0n) is 13.7. The molecule has 0 aliphatic heterocycles. The van der Waals surface area contributed by atoms with E-state index < -0.39 is 18.5 Å². The van der Waals surface area contributed by atoms with E-state index in [1.165, 1.54) is 0 Å². The van der Waals surface area contributed by atoms with Gasteiger partial charge in [-0.1, -0.05) is 53.5 Å². The number of phenolic OH excluding ortho intramolecular Hbond substituents is 2. The molecule has 0 radical (unpaired) electrons. The van der Waals surface area contributed by atoms with Gasteiger partial charge in [0.05, 0.1) is 15.7 Å². The lowest BCUT2D eigenvalue weighted by atomic mass is 10.0. The summed E-state index contributed by atoms with van der Waals surface area (Å²) in [5, 5.41) is 23.9. The van der Waals surface area contributed by atoms with Crippen molar-refractivity contribution in [3.8, 4) is 11.5 Å². The number of esters is 1. The Hall–Kier alpha value is -2.96. The summed E-state index contributed by atoms with van der Waals surface area (Å²) in [5.74, 6) is -2.13. The highest BCUT2D eigenvalue weighted by molar-refractivity contribution is 6.44. The molecule has 27 heavy (non-hydrogen) atoms. The number of nitrogens with one attached hydrogen (secondary N) is 1. The molecular formula is C19H13Cl2NO5. The fraction of sp³-hybridized carbons (Fsp3) is 0.0526. The van der Waals surface area contributed by atoms with Gasteiger partial charge in [-0.25, -0.2) is 4.79 Å². The molecule has 3 aromatic carbocycles. The molecular weight excluding hydrogens is 393 g/mol. The van der Waals surface area contributed by atoms with Gasteiger partial charge in [-0.15, -0.1) is 0 Å². The summed E-state index contributed by atoms with van der Waals surface area (Å²) in [6.07, 6.45) is 0. The van der Waals surface area contributed by atoms with Gasteiger partial charge in [-0.05, 0) is 18.2 Å². The molecule has 1 amide bonds. The quantitative estimate of drug-likeness (QED) is 0.442. The van der Waals surface area contributed by atoms with Gasteiger partial charge in [0.1, 0.15) is 17.1 Å². The summed E-state index contributed by atoms with van der Waals surface area (Å²) in [4.78, 5) is 24.2. The van der Waals surface area contributed by atoms with Crippen molar-refractivity contribution >= 4 is 51.5 Å². The van der Waals surface area contributed by atoms with Crippen molar-refractivity contribution in [1.82, 2.24) is 0 Å². The Labute approximate surface area is 163 Å². The molecule has 3 aromatic rings. The molecule has 0 aliphatic carbocycles. The number of fused-ring (bicyclic) bond motifs is 1. The number of ether oxygens (including phenoxy) is 1. The summed E-state index contributed by atoms with van der Waals surface area (Å²) in [6, 6.07) is 12.3. The summed E-state index contributed by atoms with van der Waals surface area (Å²) in [6.45, 7) is -0.616. The number of aromatic hydroxyl groups is 2. The third kappa shape index (κ3) is 3.92. The lowest BCUT2D eigenvalue weighted by Gasteiger charge is -2.11. The molecule has 8 heteroatoms. The maximum Gasteiger partial charge on any atom is 0.342 e. The Morgan fingerprint density at radius 1 is 1.00 bits per heavy atom. The maximum absolute atomic E-state index is 12.2. The van der Waals surface area contributed by atoms with E-state index in [4.69, 9.17) is 27.9 Å². The van der Waals surface area contributed by atoms with Gasteiger partial charge >= 0.3 is 5.97 Å². The summed E-state index contributed by atoms with van der Waals surface area (Å²) >= 11 is 11.8. The Kier molecular flexibility index (Phi) is 5.39. The van der Waals surface area contributed by atoms with Crippen LogP contribution in [-0.4, -0.2) is 28.7 Å². The number of phenols is 2. The number of hydrogen-bond acceptors (Lipinski definition) is 5. The Bertz CT molecular complexity index is 1050. The van der Waals surface area contributed by atoms with Gasteiger partial charge in [-0.2, -0.15) is 0 Å². The van der Waals surface area contributed by atoms with Crippen LogP contribution in [0.3, 0.4) is 0 Å². The Balaban J connectivity index is 1.72. The minimum absolute atomic E-state index is 0.163. The lowest BCUT2D eigenvalue weighted by molar-refractivity contribution is -0.119. The van der Waals surface area contributed by atoms with E-state index in [2.05, 4.69) is 5.32 Å². The van der Waals surface area contributed by atoms with E-state index >= 15 is 0 Å². The summed E-state index contributed by atoms with van der Waals surface area (Å²) in [5.41, 5.74) is 0.0243. The van der Waals surface area contributed by atoms with Crippen LogP contribution in [0.1, 0.15) is 10.4 Å². The second-order valence-corrected chi connectivity index (χ2v) is 6.35. The van der Waals surface area contributed by atoms with Crippen LogP contribution in [0.2, 0.25) is 10.0 Å². The highest BCUT2D eigenvalue weighted by atomic mass is 35.5. The van der Waals surface area contributed by atoms with Crippen molar-refractivity contribution in [2.75, 3.05) is 11.9 Å². The molecule has 3 N–H and O–H groups in total. The molecule has 6 nitrogen and oxygen atoms in total. The maximum atomic E-state index is 12.2. The third-order valence-electron chi connectivity index (χ3n) is 3.77. The second kappa shape index (κ2) is 7.73. The number of rotatable bonds is 4. The summed E-state index contributed by atoms with van der Waals surface area (Å²) < 4.78 is 4.92. The van der Waals surface area contributed by atoms with Crippen LogP contribution in [0.5, 0.6) is 11.5 Å². The topological polar surface area (TPSA) is 95.9 Å². The second-order valence-electron chi connectivity index (χ2n) is 5.56. The monoisotopic (exact) mass is 405 g/mol. The van der Waals surface area contributed by atoms with Crippen LogP contribution in [0.15, 0.2) is 48.5 Å². The van der Waals surface area contributed by atoms with Gasteiger partial charge in [0, 0.05) is 10.8 Å². The van der Waals surface area contributed by atoms with Crippen LogP contribution in [0, 0.1) is 0 Å². The van der Waals surface area contributed by atoms with Gasteiger partial charge < -0.3 is 20.3 Å². The van der Waals surface area contributed by atoms with Crippen LogP contribution < -0.4 is 5.32 Å². The molecule has 0 heterocycles. The first-order valence-electron chi connectivity index (χ1n) is 7.73. The molecule has 138 valence electrons. The number of hydrogen-bond donors (Lipinski definition) is 3. The van der Waals surface area contributed by atoms with E-state index in [9.17, 15) is 19.8 Å². The number of amides is 1. The Morgan fingerprint density at radius 3 is 2.44 bits per heavy atom. The van der Waals surface area contributed by atoms with Gasteiger partial charge in [-0.3, -0.25) is 4.79 Å². The van der Waals surface area contributed by atoms with Crippen molar-refractivity contribution in [3.05, 3.63) is 64.1 Å². The normalized spacial score (nSPS) is 10.6. The SMILES string of the molecule is O=C(COC(=O)c1cc(O)c2ccccc2c1O)Nc1cccc(Cl)c1Cl. The van der Waals surface area contributed by atoms with Gasteiger partial charge in [0.2, 0.25) is 0 Å². The van der Waals surface area contributed by atoms with Crippen molar-refractivity contribution < 1.29 is 24.5 Å². The predicted molar refractivity (Wildman–Crippen MR) is 103 cm³/mol. The van der Waals surface area contributed by atoms with Crippen molar-refractivity contribution in [1.29, 1.82) is 0 Å². The van der Waals surface area contributed by atoms with E-state index in [0.717, 1.165) is 6.07 Å². The number of carbonyl (C=O) groups excluding carboxylic acids is 2. The van der Waals surface area contributed by atoms with Crippen molar-refractivity contribution in [3.63, 3.8) is 0 Å². The van der Waals surface area contributed by atoms with Crippen LogP contribution in [0.25, 0.3) is 10.8 Å². The molecule has 0 saturated carbocycles. The first-order chi connectivity index (χ1) is 12.9. The molecule has 0 aliphatic rings. The number of anilines is 1. The van der Waals surface area contributed by atoms with Crippen molar-refractivity contribution in [2.24, 2.45) is 0 Å². The molecule has 3 rings (SSSR count). The average Bonchev–Trinajstić information content (AvgIpc) is 2.66. The van der Waals surface area contributed by atoms with Crippen LogP contribution >= 0.6 is 23.2 Å². The number of halogens is 2. The minimum Gasteiger partial charge on any atom is -0.507 e. The Morgan fingerprint density at radius 2 is 1.70 bits per heavy atom. The number of carbonyl (C=O) groups is 2. The molecule has 0 fully saturated rings. The highest BCUT2D eigenvalue weighted by Crippen LogP contribution is 2.35. The van der Waals surface area contributed by atoms with Crippen LogP contribution in [-0.2, 0) is 9.53 Å². The van der Waals surface area contributed by atoms with Gasteiger partial charge in [0.25, 0.3) is 5.91 Å². The largest absolute Gasteiger partial charge is 0.507 e. The molecule has 0 atom stereocenters. The first-order valence-corrected chi connectivity index (χ1v) is 8.48. The fourth-order valence-electron chi connectivity index (χ4n) is 2.49. The van der Waals surface area contributed by atoms with Crippen LogP contribution in [0.4, 0.5) is 5.69 Å². The predicted octanol–water partition coefficient (Wildman–Crippen LogP) is 4.35. The molecule has 0 aromatic heterocycles. The summed E-state index contributed by atoms with van der Waals surface area (Å²) in [7, 11) is 0. The zero-order valence-corrected chi connectivity index (χ0v) is 15.2. The third-order valence-corrected chi connectivity index (χ3v) is 4.59. The molecule has 0 bridgehead atoms. The molecule has 0 spiro atoms. The van der Waals surface area contributed by atoms with Crippen molar-refractivity contribution in [2.45, 2.75) is 0 Å². The first kappa shape index (κ1) is 18.8. The average molecular weight is 406 g/mol. The van der Waals surface area contributed by atoms with E-state index in [0.29, 0.717) is 10.8 Å². The number of benzene rings is 3. The van der Waals surface area contributed by atoms with E-state index in [1.54, 1.807) is 42.5 Å². The standard InChI is InChI=1S/C19H13Cl2NO5/c20-13-6-3-7-14(17(13)21)22-16(24)9-27-19(26)12-8-15(23)10-4-1-2-5-11(10)18(12)25/h1-8,23,25H,9H2,(H,22,24).